The van der Waals surface area contributed by atoms with Gasteiger partial charge < -0.3 is 10.9 Å². The third kappa shape index (κ3) is 2.11. The number of hydrogen-bond acceptors (Lipinski definition) is 5. The molecular weight excluding hydrogens is 277 g/mol. The van der Waals surface area contributed by atoms with Crippen molar-refractivity contribution < 1.29 is 5.11 Å². The number of aromatic nitrogens is 4. The number of imidazole rings is 1. The summed E-state index contributed by atoms with van der Waals surface area (Å²) in [5.74, 6) is 6.46. The van der Waals surface area contributed by atoms with Gasteiger partial charge in [-0.2, -0.15) is 0 Å². The van der Waals surface area contributed by atoms with E-state index in [1.165, 1.54) is 11.0 Å². The molecule has 18 heavy (non-hydrogen) atoms. The Hall–Kier alpha value is -1.11. The smallest absolute Gasteiger partial charge is 0.184 e. The zero-order chi connectivity index (χ0) is 12.0. The lowest BCUT2D eigenvalue weighted by atomic mass is 10.1. The first-order valence-corrected chi connectivity index (χ1v) is 5.86. The molecule has 3 rings (SSSR count). The lowest BCUT2D eigenvalue weighted by Gasteiger charge is -2.08. The Morgan fingerprint density at radius 2 is 2.17 bits per heavy atom. The second kappa shape index (κ2) is 4.87. The molecule has 0 unspecified atom stereocenters. The largest absolute Gasteiger partial charge is 0.393 e. The number of nitrogens with two attached hydrogens (primary N) is 1. The van der Waals surface area contributed by atoms with Crippen molar-refractivity contribution in [1.82, 2.24) is 19.6 Å². The molecule has 2 heterocycles. The summed E-state index contributed by atoms with van der Waals surface area (Å²) < 4.78 is 1.31. The fourth-order valence-corrected chi connectivity index (χ4v) is 2.56. The highest BCUT2D eigenvalue weighted by atomic mass is 35.5. The van der Waals surface area contributed by atoms with Gasteiger partial charge in [0.05, 0.1) is 6.10 Å². The average molecular weight is 290 g/mol. The highest BCUT2D eigenvalue weighted by Crippen LogP contribution is 2.33. The van der Waals surface area contributed by atoms with Gasteiger partial charge in [0.1, 0.15) is 17.7 Å². The van der Waals surface area contributed by atoms with Crippen LogP contribution in [0.5, 0.6) is 0 Å². The second-order valence-corrected chi connectivity index (χ2v) is 4.72. The molecule has 0 amide bonds. The van der Waals surface area contributed by atoms with Crippen molar-refractivity contribution in [2.24, 2.45) is 0 Å². The Morgan fingerprint density at radius 3 is 2.83 bits per heavy atom. The Morgan fingerprint density at radius 1 is 1.39 bits per heavy atom. The molecule has 0 aliphatic heterocycles. The van der Waals surface area contributed by atoms with Gasteiger partial charge in [0.25, 0.3) is 0 Å². The van der Waals surface area contributed by atoms with Crippen molar-refractivity contribution in [3.8, 4) is 0 Å². The molecular formula is C10H13Cl2N5O. The molecule has 6 nitrogen and oxygen atoms in total. The van der Waals surface area contributed by atoms with Crippen LogP contribution >= 0.6 is 24.0 Å². The van der Waals surface area contributed by atoms with E-state index in [0.29, 0.717) is 28.6 Å². The average Bonchev–Trinajstić information content (AvgIpc) is 2.86. The van der Waals surface area contributed by atoms with Gasteiger partial charge in [-0.3, -0.25) is 0 Å². The van der Waals surface area contributed by atoms with Gasteiger partial charge in [0.2, 0.25) is 0 Å². The van der Waals surface area contributed by atoms with Gasteiger partial charge in [-0.1, -0.05) is 11.6 Å². The van der Waals surface area contributed by atoms with E-state index in [-0.39, 0.29) is 24.4 Å². The number of hydrogen-bond donors (Lipinski definition) is 2. The minimum atomic E-state index is -0.259. The van der Waals surface area contributed by atoms with E-state index in [9.17, 15) is 5.11 Å². The summed E-state index contributed by atoms with van der Waals surface area (Å²) in [6.45, 7) is 0. The Kier molecular flexibility index (Phi) is 3.61. The first-order valence-electron chi connectivity index (χ1n) is 5.49. The quantitative estimate of drug-likeness (QED) is 0.609. The first kappa shape index (κ1) is 13.3. The molecule has 0 saturated heterocycles. The van der Waals surface area contributed by atoms with Gasteiger partial charge in [0, 0.05) is 5.92 Å². The van der Waals surface area contributed by atoms with E-state index in [0.717, 1.165) is 12.8 Å². The summed E-state index contributed by atoms with van der Waals surface area (Å²) in [7, 11) is 0. The van der Waals surface area contributed by atoms with Crippen LogP contribution < -0.4 is 5.84 Å². The molecule has 8 heteroatoms. The van der Waals surface area contributed by atoms with Gasteiger partial charge in [-0.15, -0.1) is 12.4 Å². The van der Waals surface area contributed by atoms with E-state index in [2.05, 4.69) is 15.0 Å². The van der Waals surface area contributed by atoms with Crippen molar-refractivity contribution in [3.63, 3.8) is 0 Å². The van der Waals surface area contributed by atoms with Crippen LogP contribution in [0.1, 0.15) is 31.0 Å². The van der Waals surface area contributed by atoms with Crippen LogP contribution in [0.25, 0.3) is 11.2 Å². The monoisotopic (exact) mass is 289 g/mol. The number of fused-ring (bicyclic) bond motifs is 1. The van der Waals surface area contributed by atoms with Gasteiger partial charge in [-0.05, 0) is 19.3 Å². The second-order valence-electron chi connectivity index (χ2n) is 4.36. The van der Waals surface area contributed by atoms with E-state index in [1.54, 1.807) is 0 Å². The van der Waals surface area contributed by atoms with Crippen LogP contribution in [-0.4, -0.2) is 30.8 Å². The molecule has 2 aromatic heterocycles. The number of aliphatic hydroxyl groups is 1. The van der Waals surface area contributed by atoms with E-state index in [1.807, 2.05) is 0 Å². The van der Waals surface area contributed by atoms with E-state index in [4.69, 9.17) is 17.4 Å². The van der Waals surface area contributed by atoms with E-state index >= 15 is 0 Å². The van der Waals surface area contributed by atoms with Crippen LogP contribution in [0.2, 0.25) is 5.15 Å². The number of nitrogens with zero attached hydrogens (tertiary/aromatic N) is 4. The standard InChI is InChI=1S/C10H12ClN5O.ClH/c11-8-7-10(13-4-16(7)12)15-9(14-8)5-1-2-6(17)3-5;/h4-6,17H,1-3,12H2;1H/t5-,6-;/m1./s1. The number of aliphatic hydroxyl groups excluding tert-OH is 1. The van der Waals surface area contributed by atoms with E-state index < -0.39 is 0 Å². The fourth-order valence-electron chi connectivity index (χ4n) is 2.29. The maximum Gasteiger partial charge on any atom is 0.184 e. The first-order chi connectivity index (χ1) is 8.15. The van der Waals surface area contributed by atoms with Crippen LogP contribution in [0.3, 0.4) is 0 Å². The number of nitrogen functional groups attached to an aromatic ring is 1. The number of rotatable bonds is 1. The molecule has 1 fully saturated rings. The lowest BCUT2D eigenvalue weighted by molar-refractivity contribution is 0.181. The molecule has 1 aliphatic rings. The Balaban J connectivity index is 0.00000120. The van der Waals surface area contributed by atoms with Gasteiger partial charge in [-0.25, -0.2) is 19.6 Å². The SMILES string of the molecule is Cl.Nn1cnc2nc([C@@H]3CC[C@@H](O)C3)nc(Cl)c21. The maximum absolute atomic E-state index is 9.52. The Bertz CT molecular complexity index is 573. The van der Waals surface area contributed by atoms with Crippen molar-refractivity contribution in [2.75, 3.05) is 5.84 Å². The topological polar surface area (TPSA) is 89.9 Å². The Labute approximate surface area is 115 Å². The molecule has 1 aliphatic carbocycles. The number of halogens is 2. The zero-order valence-electron chi connectivity index (χ0n) is 9.45. The summed E-state index contributed by atoms with van der Waals surface area (Å²) >= 11 is 6.07. The van der Waals surface area contributed by atoms with Crippen molar-refractivity contribution >= 4 is 35.2 Å². The zero-order valence-corrected chi connectivity index (χ0v) is 11.0. The minimum absolute atomic E-state index is 0. The normalized spacial score (nSPS) is 23.2. The van der Waals surface area contributed by atoms with Gasteiger partial charge >= 0.3 is 0 Å². The van der Waals surface area contributed by atoms with Crippen LogP contribution in [-0.2, 0) is 0 Å². The molecule has 0 aromatic carbocycles. The maximum atomic E-state index is 9.52. The molecule has 2 atom stereocenters. The van der Waals surface area contributed by atoms with Crippen molar-refractivity contribution in [2.45, 2.75) is 31.3 Å². The van der Waals surface area contributed by atoms with Crippen molar-refractivity contribution in [1.29, 1.82) is 0 Å². The molecule has 1 saturated carbocycles. The highest BCUT2D eigenvalue weighted by molar-refractivity contribution is 6.33. The predicted octanol–water partition coefficient (Wildman–Crippen LogP) is 1.24. The summed E-state index contributed by atoms with van der Waals surface area (Å²) in [5.41, 5.74) is 1.04. The molecule has 0 bridgehead atoms. The van der Waals surface area contributed by atoms with Gasteiger partial charge in [0.15, 0.2) is 10.8 Å². The summed E-state index contributed by atoms with van der Waals surface area (Å²) in [4.78, 5) is 12.7. The molecule has 2 aromatic rings. The highest BCUT2D eigenvalue weighted by Gasteiger charge is 2.27. The van der Waals surface area contributed by atoms with Crippen LogP contribution in [0.4, 0.5) is 0 Å². The summed E-state index contributed by atoms with van der Waals surface area (Å²) in [6.07, 6.45) is 3.55. The summed E-state index contributed by atoms with van der Waals surface area (Å²) in [5, 5.41) is 9.83. The minimum Gasteiger partial charge on any atom is -0.393 e. The van der Waals surface area contributed by atoms with Crippen LogP contribution in [0, 0.1) is 0 Å². The van der Waals surface area contributed by atoms with Crippen molar-refractivity contribution in [3.05, 3.63) is 17.3 Å². The molecule has 98 valence electrons. The molecule has 0 radical (unpaired) electrons. The third-order valence-electron chi connectivity index (χ3n) is 3.17. The fraction of sp³-hybridized carbons (Fsp3) is 0.500. The van der Waals surface area contributed by atoms with Crippen LogP contribution in [0.15, 0.2) is 6.33 Å². The predicted molar refractivity (Wildman–Crippen MR) is 70.3 cm³/mol. The third-order valence-corrected chi connectivity index (χ3v) is 3.44. The summed E-state index contributed by atoms with van der Waals surface area (Å²) in [6, 6.07) is 0. The lowest BCUT2D eigenvalue weighted by Crippen LogP contribution is -2.08. The molecule has 3 N–H and O–H groups in total. The molecule has 0 spiro atoms.